The maximum absolute atomic E-state index is 14.3. The van der Waals surface area contributed by atoms with Gasteiger partial charge >= 0.3 is 0 Å². The highest BCUT2D eigenvalue weighted by atomic mass is 16.1. The lowest BCUT2D eigenvalue weighted by Gasteiger charge is -2.14. The van der Waals surface area contributed by atoms with Gasteiger partial charge in [-0.05, 0) is 53.4 Å². The van der Waals surface area contributed by atoms with Crippen molar-refractivity contribution < 1.29 is 4.79 Å². The Hall–Kier alpha value is -5.19. The smallest absolute Gasteiger partial charge is 0.195 e. The second kappa shape index (κ2) is 10.7. The monoisotopic (exact) mass is 498 g/mol. The SMILES string of the molecule is Cc1ccc(C2=C(c3ccccc3)C(=O)C(c3ccccc3)=C2c2ccc(C#Cc3ccccc3)cc2)cc1. The highest BCUT2D eigenvalue weighted by Crippen LogP contribution is 2.49. The molecule has 0 amide bonds. The van der Waals surface area contributed by atoms with Gasteiger partial charge in [-0.2, -0.15) is 0 Å². The van der Waals surface area contributed by atoms with E-state index in [4.69, 9.17) is 0 Å². The number of carbonyl (C=O) groups is 1. The van der Waals surface area contributed by atoms with E-state index in [0.717, 1.165) is 55.7 Å². The van der Waals surface area contributed by atoms with Gasteiger partial charge in [-0.1, -0.05) is 133 Å². The zero-order chi connectivity index (χ0) is 26.6. The molecule has 0 saturated heterocycles. The van der Waals surface area contributed by atoms with E-state index in [9.17, 15) is 4.79 Å². The topological polar surface area (TPSA) is 17.1 Å². The van der Waals surface area contributed by atoms with Crippen LogP contribution in [0, 0.1) is 18.8 Å². The molecule has 39 heavy (non-hydrogen) atoms. The molecular weight excluding hydrogens is 472 g/mol. The molecule has 0 spiro atoms. The number of rotatable bonds is 4. The van der Waals surface area contributed by atoms with E-state index in [0.29, 0.717) is 0 Å². The van der Waals surface area contributed by atoms with Gasteiger partial charge in [0.1, 0.15) is 0 Å². The molecule has 5 aromatic carbocycles. The minimum Gasteiger partial charge on any atom is -0.289 e. The number of carbonyl (C=O) groups excluding carboxylic acids is 1. The summed E-state index contributed by atoms with van der Waals surface area (Å²) in [5.41, 5.74) is 10.3. The maximum Gasteiger partial charge on any atom is 0.195 e. The largest absolute Gasteiger partial charge is 0.289 e. The number of benzene rings is 5. The summed E-state index contributed by atoms with van der Waals surface area (Å²) < 4.78 is 0. The summed E-state index contributed by atoms with van der Waals surface area (Å²) in [4.78, 5) is 14.3. The molecule has 0 fully saturated rings. The summed E-state index contributed by atoms with van der Waals surface area (Å²) in [5, 5.41) is 0. The van der Waals surface area contributed by atoms with E-state index in [1.165, 1.54) is 5.56 Å². The van der Waals surface area contributed by atoms with Crippen LogP contribution < -0.4 is 0 Å². The molecule has 5 aromatic rings. The van der Waals surface area contributed by atoms with Gasteiger partial charge in [0.2, 0.25) is 0 Å². The predicted molar refractivity (Wildman–Crippen MR) is 162 cm³/mol. The van der Waals surface area contributed by atoms with Crippen LogP contribution in [-0.2, 0) is 4.79 Å². The van der Waals surface area contributed by atoms with Gasteiger partial charge in [-0.3, -0.25) is 4.79 Å². The fourth-order valence-electron chi connectivity index (χ4n) is 5.05. The van der Waals surface area contributed by atoms with E-state index >= 15 is 0 Å². The summed E-state index contributed by atoms with van der Waals surface area (Å²) in [6.07, 6.45) is 0. The molecule has 1 aliphatic carbocycles. The van der Waals surface area contributed by atoms with Crippen LogP contribution in [0.15, 0.2) is 140 Å². The molecule has 0 N–H and O–H groups in total. The Morgan fingerprint density at radius 1 is 0.385 bits per heavy atom. The van der Waals surface area contributed by atoms with E-state index in [-0.39, 0.29) is 5.78 Å². The third-order valence-electron chi connectivity index (χ3n) is 6.97. The van der Waals surface area contributed by atoms with Crippen molar-refractivity contribution in [3.63, 3.8) is 0 Å². The first kappa shape index (κ1) is 24.2. The Morgan fingerprint density at radius 2 is 0.744 bits per heavy atom. The van der Waals surface area contributed by atoms with Crippen LogP contribution in [0.5, 0.6) is 0 Å². The fourth-order valence-corrected chi connectivity index (χ4v) is 5.05. The Balaban J connectivity index is 1.56. The molecule has 6 rings (SSSR count). The third kappa shape index (κ3) is 4.89. The van der Waals surface area contributed by atoms with Crippen molar-refractivity contribution in [3.8, 4) is 11.8 Å². The molecule has 0 radical (unpaired) electrons. The normalized spacial score (nSPS) is 12.9. The van der Waals surface area contributed by atoms with E-state index < -0.39 is 0 Å². The van der Waals surface area contributed by atoms with Gasteiger partial charge in [-0.25, -0.2) is 0 Å². The molecule has 0 atom stereocenters. The van der Waals surface area contributed by atoms with Crippen LogP contribution in [0.4, 0.5) is 0 Å². The van der Waals surface area contributed by atoms with Gasteiger partial charge in [0.05, 0.1) is 0 Å². The first-order valence-electron chi connectivity index (χ1n) is 13.1. The van der Waals surface area contributed by atoms with Crippen molar-refractivity contribution >= 4 is 28.1 Å². The van der Waals surface area contributed by atoms with Crippen molar-refractivity contribution in [1.82, 2.24) is 0 Å². The molecule has 0 unspecified atom stereocenters. The van der Waals surface area contributed by atoms with E-state index in [1.807, 2.05) is 103 Å². The van der Waals surface area contributed by atoms with Gasteiger partial charge in [-0.15, -0.1) is 0 Å². The molecule has 0 aromatic heterocycles. The van der Waals surface area contributed by atoms with Crippen LogP contribution >= 0.6 is 0 Å². The van der Waals surface area contributed by atoms with E-state index in [2.05, 4.69) is 55.2 Å². The number of Topliss-reactive ketones (excluding diaryl/α,β-unsaturated/α-hetero) is 1. The molecule has 1 nitrogen and oxygen atoms in total. The van der Waals surface area contributed by atoms with Crippen LogP contribution in [-0.4, -0.2) is 5.78 Å². The summed E-state index contributed by atoms with van der Waals surface area (Å²) in [7, 11) is 0. The Kier molecular flexibility index (Phi) is 6.60. The van der Waals surface area contributed by atoms with Crippen molar-refractivity contribution in [3.05, 3.63) is 178 Å². The number of allylic oxidation sites excluding steroid dienone is 4. The Labute approximate surface area is 229 Å². The Morgan fingerprint density at radius 3 is 1.21 bits per heavy atom. The van der Waals surface area contributed by atoms with Crippen LogP contribution in [0.3, 0.4) is 0 Å². The molecule has 1 aliphatic rings. The minimum atomic E-state index is 0.0471. The lowest BCUT2D eigenvalue weighted by atomic mass is 9.88. The van der Waals surface area contributed by atoms with Crippen LogP contribution in [0.2, 0.25) is 0 Å². The summed E-state index contributed by atoms with van der Waals surface area (Å²) in [6.45, 7) is 2.08. The van der Waals surface area contributed by atoms with Gasteiger partial charge in [0.15, 0.2) is 5.78 Å². The molecule has 0 heterocycles. The van der Waals surface area contributed by atoms with Crippen molar-refractivity contribution in [2.24, 2.45) is 0 Å². The molecule has 0 saturated carbocycles. The molecule has 1 heteroatoms. The quantitative estimate of drug-likeness (QED) is 0.227. The highest BCUT2D eigenvalue weighted by molar-refractivity contribution is 6.59. The fraction of sp³-hybridized carbons (Fsp3) is 0.0263. The first-order valence-corrected chi connectivity index (χ1v) is 13.1. The van der Waals surface area contributed by atoms with Crippen LogP contribution in [0.25, 0.3) is 22.3 Å². The highest BCUT2D eigenvalue weighted by Gasteiger charge is 2.35. The zero-order valence-electron chi connectivity index (χ0n) is 21.7. The number of hydrogen-bond acceptors (Lipinski definition) is 1. The second-order valence-corrected chi connectivity index (χ2v) is 9.62. The van der Waals surface area contributed by atoms with Crippen LogP contribution in [0.1, 0.15) is 38.9 Å². The average molecular weight is 499 g/mol. The van der Waals surface area contributed by atoms with Gasteiger partial charge in [0.25, 0.3) is 0 Å². The molecule has 0 aliphatic heterocycles. The average Bonchev–Trinajstić information content (AvgIpc) is 3.30. The summed E-state index contributed by atoms with van der Waals surface area (Å²) in [6, 6.07) is 46.7. The number of hydrogen-bond donors (Lipinski definition) is 0. The lowest BCUT2D eigenvalue weighted by Crippen LogP contribution is -2.01. The minimum absolute atomic E-state index is 0.0471. The first-order chi connectivity index (χ1) is 19.2. The lowest BCUT2D eigenvalue weighted by molar-refractivity contribution is -0.108. The summed E-state index contributed by atoms with van der Waals surface area (Å²) >= 11 is 0. The second-order valence-electron chi connectivity index (χ2n) is 9.62. The molecule has 184 valence electrons. The third-order valence-corrected chi connectivity index (χ3v) is 6.97. The van der Waals surface area contributed by atoms with Crippen molar-refractivity contribution in [2.75, 3.05) is 0 Å². The Bertz CT molecular complexity index is 1760. The van der Waals surface area contributed by atoms with E-state index in [1.54, 1.807) is 0 Å². The molecular formula is C38H26O. The van der Waals surface area contributed by atoms with Crippen molar-refractivity contribution in [1.29, 1.82) is 0 Å². The number of ketones is 1. The summed E-state index contributed by atoms with van der Waals surface area (Å²) in [5.74, 6) is 6.55. The van der Waals surface area contributed by atoms with Gasteiger partial charge < -0.3 is 0 Å². The number of aryl methyl sites for hydroxylation is 1. The van der Waals surface area contributed by atoms with Crippen molar-refractivity contribution in [2.45, 2.75) is 6.92 Å². The maximum atomic E-state index is 14.3. The standard InChI is InChI=1S/C38H26O/c1-27-17-23-32(24-18-27)34-35(33-25-21-29(22-26-33)20-19-28-11-5-2-6-12-28)37(31-15-9-4-10-16-31)38(39)36(34)30-13-7-3-8-14-30/h2-18,21-26H,1H3. The zero-order valence-corrected chi connectivity index (χ0v) is 21.7. The predicted octanol–water partition coefficient (Wildman–Crippen LogP) is 8.50. The molecule has 0 bridgehead atoms. The van der Waals surface area contributed by atoms with Gasteiger partial charge in [0, 0.05) is 33.4 Å².